The molecule has 3 atom stereocenters. The summed E-state index contributed by atoms with van der Waals surface area (Å²) >= 11 is 0. The number of anilines is 1. The second-order valence-electron chi connectivity index (χ2n) is 5.54. The lowest BCUT2D eigenvalue weighted by molar-refractivity contribution is 0.00854. The SMILES string of the molecule is CC1CCC(OC(=O)c2cccc(N)c2O)CC1C. The van der Waals surface area contributed by atoms with Gasteiger partial charge < -0.3 is 15.6 Å². The van der Waals surface area contributed by atoms with Gasteiger partial charge in [-0.15, -0.1) is 0 Å². The lowest BCUT2D eigenvalue weighted by Gasteiger charge is -2.31. The summed E-state index contributed by atoms with van der Waals surface area (Å²) in [7, 11) is 0. The fourth-order valence-electron chi connectivity index (χ4n) is 2.55. The van der Waals surface area contributed by atoms with Crippen LogP contribution < -0.4 is 5.73 Å². The van der Waals surface area contributed by atoms with Gasteiger partial charge in [-0.25, -0.2) is 4.79 Å². The number of para-hydroxylation sites is 1. The van der Waals surface area contributed by atoms with Gasteiger partial charge in [-0.05, 0) is 43.2 Å². The Hall–Kier alpha value is -1.71. The van der Waals surface area contributed by atoms with Crippen molar-refractivity contribution >= 4 is 11.7 Å². The maximum atomic E-state index is 12.0. The molecule has 1 fully saturated rings. The fraction of sp³-hybridized carbons (Fsp3) is 0.533. The predicted octanol–water partition coefficient (Wildman–Crippen LogP) is 2.96. The quantitative estimate of drug-likeness (QED) is 0.489. The molecule has 0 spiro atoms. The number of benzene rings is 1. The van der Waals surface area contributed by atoms with Crippen LogP contribution in [0.4, 0.5) is 5.69 Å². The van der Waals surface area contributed by atoms with E-state index >= 15 is 0 Å². The van der Waals surface area contributed by atoms with Crippen molar-refractivity contribution in [2.24, 2.45) is 11.8 Å². The van der Waals surface area contributed by atoms with E-state index in [0.717, 1.165) is 19.3 Å². The second-order valence-corrected chi connectivity index (χ2v) is 5.54. The highest BCUT2D eigenvalue weighted by atomic mass is 16.5. The minimum absolute atomic E-state index is 0.0560. The minimum Gasteiger partial charge on any atom is -0.505 e. The molecule has 1 aliphatic carbocycles. The Morgan fingerprint density at radius 1 is 1.32 bits per heavy atom. The fourth-order valence-corrected chi connectivity index (χ4v) is 2.55. The van der Waals surface area contributed by atoms with Gasteiger partial charge in [0.05, 0.1) is 5.69 Å². The number of esters is 1. The average Bonchev–Trinajstić information content (AvgIpc) is 2.37. The van der Waals surface area contributed by atoms with Gasteiger partial charge in [0.15, 0.2) is 5.75 Å². The Balaban J connectivity index is 2.03. The third kappa shape index (κ3) is 3.00. The molecule has 1 aromatic rings. The molecule has 1 aromatic carbocycles. The maximum Gasteiger partial charge on any atom is 0.342 e. The molecule has 2 rings (SSSR count). The highest BCUT2D eigenvalue weighted by molar-refractivity contribution is 5.94. The Morgan fingerprint density at radius 3 is 2.74 bits per heavy atom. The number of carbonyl (C=O) groups excluding carboxylic acids is 1. The molecule has 3 unspecified atom stereocenters. The molecule has 0 aromatic heterocycles. The summed E-state index contributed by atoms with van der Waals surface area (Å²) in [5, 5.41) is 9.77. The number of nitrogens with two attached hydrogens (primary N) is 1. The van der Waals surface area contributed by atoms with Gasteiger partial charge in [0.2, 0.25) is 0 Å². The van der Waals surface area contributed by atoms with E-state index in [1.54, 1.807) is 12.1 Å². The molecule has 4 heteroatoms. The van der Waals surface area contributed by atoms with Crippen LogP contribution in [-0.2, 0) is 4.74 Å². The lowest BCUT2D eigenvalue weighted by Crippen LogP contribution is -2.28. The van der Waals surface area contributed by atoms with Crippen molar-refractivity contribution < 1.29 is 14.6 Å². The van der Waals surface area contributed by atoms with Crippen molar-refractivity contribution in [1.82, 2.24) is 0 Å². The molecule has 0 aliphatic heterocycles. The van der Waals surface area contributed by atoms with Gasteiger partial charge in [-0.1, -0.05) is 19.9 Å². The molecule has 0 heterocycles. The molecule has 0 amide bonds. The number of hydrogen-bond donors (Lipinski definition) is 2. The number of carbonyl (C=O) groups is 1. The summed E-state index contributed by atoms with van der Waals surface area (Å²) < 4.78 is 5.48. The average molecular weight is 263 g/mol. The number of hydrogen-bond acceptors (Lipinski definition) is 4. The van der Waals surface area contributed by atoms with Crippen LogP contribution in [-0.4, -0.2) is 17.2 Å². The highest BCUT2D eigenvalue weighted by Gasteiger charge is 2.28. The Labute approximate surface area is 113 Å². The Bertz CT molecular complexity index is 472. The van der Waals surface area contributed by atoms with Crippen LogP contribution >= 0.6 is 0 Å². The lowest BCUT2D eigenvalue weighted by atomic mass is 9.80. The first-order valence-electron chi connectivity index (χ1n) is 6.77. The van der Waals surface area contributed by atoms with E-state index in [0.29, 0.717) is 11.8 Å². The van der Waals surface area contributed by atoms with Crippen molar-refractivity contribution in [2.45, 2.75) is 39.2 Å². The number of ether oxygens (including phenoxy) is 1. The van der Waals surface area contributed by atoms with E-state index in [1.165, 1.54) is 6.07 Å². The van der Waals surface area contributed by atoms with E-state index in [1.807, 2.05) is 0 Å². The minimum atomic E-state index is -0.489. The summed E-state index contributed by atoms with van der Waals surface area (Å²) in [5.41, 5.74) is 5.91. The van der Waals surface area contributed by atoms with Crippen LogP contribution in [0.25, 0.3) is 0 Å². The van der Waals surface area contributed by atoms with Crippen LogP contribution in [0.3, 0.4) is 0 Å². The summed E-state index contributed by atoms with van der Waals surface area (Å²) in [5.74, 6) is 0.554. The number of nitrogen functional groups attached to an aromatic ring is 1. The monoisotopic (exact) mass is 263 g/mol. The van der Waals surface area contributed by atoms with Crippen molar-refractivity contribution in [3.8, 4) is 5.75 Å². The van der Waals surface area contributed by atoms with Crippen LogP contribution in [0.1, 0.15) is 43.5 Å². The molecule has 104 valence electrons. The Morgan fingerprint density at radius 2 is 2.05 bits per heavy atom. The molecule has 3 N–H and O–H groups in total. The van der Waals surface area contributed by atoms with Gasteiger partial charge in [0, 0.05) is 0 Å². The van der Waals surface area contributed by atoms with E-state index in [4.69, 9.17) is 10.5 Å². The first-order valence-corrected chi connectivity index (χ1v) is 6.77. The zero-order valence-corrected chi connectivity index (χ0v) is 11.4. The van der Waals surface area contributed by atoms with E-state index in [2.05, 4.69) is 13.8 Å². The topological polar surface area (TPSA) is 72.5 Å². The van der Waals surface area contributed by atoms with Gasteiger partial charge in [-0.2, -0.15) is 0 Å². The number of aromatic hydroxyl groups is 1. The van der Waals surface area contributed by atoms with Crippen molar-refractivity contribution in [3.63, 3.8) is 0 Å². The molecule has 19 heavy (non-hydrogen) atoms. The van der Waals surface area contributed by atoms with Gasteiger partial charge >= 0.3 is 5.97 Å². The molecule has 0 bridgehead atoms. The van der Waals surface area contributed by atoms with Gasteiger partial charge in [0.1, 0.15) is 11.7 Å². The second kappa shape index (κ2) is 5.51. The van der Waals surface area contributed by atoms with E-state index in [-0.39, 0.29) is 23.1 Å². The van der Waals surface area contributed by atoms with Crippen LogP contribution in [0, 0.1) is 11.8 Å². The number of phenols is 1. The standard InChI is InChI=1S/C15H21NO3/c1-9-6-7-11(8-10(9)2)19-15(18)12-4-3-5-13(16)14(12)17/h3-5,9-11,17H,6-8,16H2,1-2H3. The summed E-state index contributed by atoms with van der Waals surface area (Å²) in [6.07, 6.45) is 2.79. The zero-order chi connectivity index (χ0) is 14.0. The van der Waals surface area contributed by atoms with E-state index in [9.17, 15) is 9.90 Å². The first-order chi connectivity index (χ1) is 8.99. The van der Waals surface area contributed by atoms with Crippen LogP contribution in [0.15, 0.2) is 18.2 Å². The Kier molecular flexibility index (Phi) is 3.98. The highest BCUT2D eigenvalue weighted by Crippen LogP contribution is 2.32. The number of phenolic OH excluding ortho intramolecular Hbond substituents is 1. The van der Waals surface area contributed by atoms with Crippen molar-refractivity contribution in [3.05, 3.63) is 23.8 Å². The molecular weight excluding hydrogens is 242 g/mol. The number of rotatable bonds is 2. The van der Waals surface area contributed by atoms with Crippen LogP contribution in [0.2, 0.25) is 0 Å². The zero-order valence-electron chi connectivity index (χ0n) is 11.4. The largest absolute Gasteiger partial charge is 0.505 e. The van der Waals surface area contributed by atoms with E-state index < -0.39 is 5.97 Å². The molecule has 0 saturated heterocycles. The third-order valence-corrected chi connectivity index (χ3v) is 4.11. The molecule has 0 radical (unpaired) electrons. The smallest absolute Gasteiger partial charge is 0.342 e. The third-order valence-electron chi connectivity index (χ3n) is 4.11. The van der Waals surface area contributed by atoms with Gasteiger partial charge in [-0.3, -0.25) is 0 Å². The van der Waals surface area contributed by atoms with Crippen molar-refractivity contribution in [2.75, 3.05) is 5.73 Å². The van der Waals surface area contributed by atoms with Crippen LogP contribution in [0.5, 0.6) is 5.75 Å². The first kappa shape index (κ1) is 13.7. The molecule has 1 saturated carbocycles. The maximum absolute atomic E-state index is 12.0. The summed E-state index contributed by atoms with van der Waals surface area (Å²) in [6.45, 7) is 4.41. The predicted molar refractivity (Wildman–Crippen MR) is 73.9 cm³/mol. The van der Waals surface area contributed by atoms with Crippen molar-refractivity contribution in [1.29, 1.82) is 0 Å². The molecular formula is C15H21NO3. The summed E-state index contributed by atoms with van der Waals surface area (Å²) in [6, 6.07) is 4.72. The molecule has 1 aliphatic rings. The normalized spacial score (nSPS) is 26.9. The van der Waals surface area contributed by atoms with Gasteiger partial charge in [0.25, 0.3) is 0 Å². The molecule has 4 nitrogen and oxygen atoms in total. The summed E-state index contributed by atoms with van der Waals surface area (Å²) in [4.78, 5) is 12.0.